The van der Waals surface area contributed by atoms with E-state index in [0.29, 0.717) is 19.4 Å². The highest BCUT2D eigenvalue weighted by atomic mass is 31.2. The van der Waals surface area contributed by atoms with Crippen molar-refractivity contribution in [2.24, 2.45) is 0 Å². The predicted molar refractivity (Wildman–Crippen MR) is 179 cm³/mol. The van der Waals surface area contributed by atoms with E-state index in [9.17, 15) is 0 Å². The van der Waals surface area contributed by atoms with Crippen LogP contribution >= 0.6 is 8.53 Å². The van der Waals surface area contributed by atoms with Gasteiger partial charge in [0.2, 0.25) is 0 Å². The molecule has 0 bridgehead atoms. The van der Waals surface area contributed by atoms with Gasteiger partial charge in [0, 0.05) is 24.1 Å². The molecule has 10 heteroatoms. The summed E-state index contributed by atoms with van der Waals surface area (Å²) in [4.78, 5) is 0. The average Bonchev–Trinajstić information content (AvgIpc) is 3.40. The summed E-state index contributed by atoms with van der Waals surface area (Å²) in [5.41, 5.74) is 2.36. The fourth-order valence-corrected chi connectivity index (χ4v) is 7.55. The Balaban J connectivity index is 1.74. The van der Waals surface area contributed by atoms with Crippen LogP contribution in [0.1, 0.15) is 57.2 Å². The molecule has 0 spiro atoms. The summed E-state index contributed by atoms with van der Waals surface area (Å²) in [7, 11) is 8.37. The molecule has 4 rings (SSSR count). The highest BCUT2D eigenvalue weighted by molar-refractivity contribution is 7.44. The quantitative estimate of drug-likeness (QED) is 0.0829. The van der Waals surface area contributed by atoms with Crippen molar-refractivity contribution in [1.82, 2.24) is 9.99 Å². The highest BCUT2D eigenvalue weighted by Gasteiger charge is 2.44. The number of rotatable bonds is 16. The molecule has 0 saturated carbocycles. The van der Waals surface area contributed by atoms with Gasteiger partial charge < -0.3 is 23.3 Å². The van der Waals surface area contributed by atoms with Crippen LogP contribution in [0.2, 0.25) is 0 Å². The Morgan fingerprint density at radius 3 is 1.91 bits per heavy atom. The molecule has 1 heterocycles. The summed E-state index contributed by atoms with van der Waals surface area (Å²) >= 11 is 0. The SMILES string of the molecule is [B][C@H]1C[C@H](NC(c2ccccc2)(c2ccc(OC)cc2)c2ccc(OC)cc2)[C@@H](COP(OCCC#N)N(C(C)C)C(C)C)O1. The van der Waals surface area contributed by atoms with Crippen LogP contribution in [0, 0.1) is 11.3 Å². The molecule has 1 N–H and O–H groups in total. The van der Waals surface area contributed by atoms with Gasteiger partial charge in [-0.05, 0) is 75.1 Å². The molecule has 1 unspecified atom stereocenters. The Bertz CT molecular complexity index is 1300. The number of nitrogens with zero attached hydrogens (tertiary/aromatic N) is 2. The Morgan fingerprint density at radius 2 is 1.42 bits per heavy atom. The van der Waals surface area contributed by atoms with Crippen molar-refractivity contribution in [3.63, 3.8) is 0 Å². The molecule has 45 heavy (non-hydrogen) atoms. The van der Waals surface area contributed by atoms with Gasteiger partial charge in [-0.15, -0.1) is 0 Å². The Hall–Kier alpha value is -2.96. The second kappa shape index (κ2) is 16.6. The minimum Gasteiger partial charge on any atom is -0.497 e. The lowest BCUT2D eigenvalue weighted by atomic mass is 9.76. The number of ether oxygens (including phenoxy) is 3. The molecule has 0 amide bonds. The smallest absolute Gasteiger partial charge is 0.259 e. The third kappa shape index (κ3) is 8.45. The van der Waals surface area contributed by atoms with E-state index in [4.69, 9.17) is 36.4 Å². The first-order valence-electron chi connectivity index (χ1n) is 15.5. The first-order chi connectivity index (χ1) is 21.7. The summed E-state index contributed by atoms with van der Waals surface area (Å²) < 4.78 is 32.2. The molecule has 2 radical (unpaired) electrons. The first kappa shape index (κ1) is 34.9. The standard InChI is InChI=1S/C35H45BN3O5P/c1-25(2)39(26(3)4)45(42-22-10-21-37)43-24-33-32(23-34(36)44-33)38-35(27-11-8-7-9-12-27,28-13-17-30(40-5)18-14-28)29-15-19-31(41-6)20-16-29/h7-9,11-20,25-26,32-34,38H,10,22-24H2,1-6H3/t32-,33+,34+,45?/m0/s1. The van der Waals surface area contributed by atoms with Crippen molar-refractivity contribution in [3.05, 3.63) is 95.6 Å². The predicted octanol–water partition coefficient (Wildman–Crippen LogP) is 6.53. The van der Waals surface area contributed by atoms with E-state index in [0.717, 1.165) is 28.2 Å². The maximum atomic E-state index is 9.12. The van der Waals surface area contributed by atoms with Gasteiger partial charge in [-0.25, -0.2) is 4.67 Å². The van der Waals surface area contributed by atoms with Crippen LogP contribution in [-0.2, 0) is 19.3 Å². The maximum Gasteiger partial charge on any atom is 0.259 e. The zero-order valence-corrected chi connectivity index (χ0v) is 28.1. The number of benzene rings is 3. The lowest BCUT2D eigenvalue weighted by Crippen LogP contribution is -2.53. The summed E-state index contributed by atoms with van der Waals surface area (Å²) in [5, 5.41) is 13.1. The molecule has 3 aromatic rings. The van der Waals surface area contributed by atoms with E-state index in [1.54, 1.807) is 14.2 Å². The second-order valence-electron chi connectivity index (χ2n) is 11.6. The highest BCUT2D eigenvalue weighted by Crippen LogP contribution is 2.47. The van der Waals surface area contributed by atoms with Crippen LogP contribution in [0.3, 0.4) is 0 Å². The Morgan fingerprint density at radius 1 is 0.889 bits per heavy atom. The van der Waals surface area contributed by atoms with E-state index in [1.165, 1.54) is 0 Å². The summed E-state index contributed by atoms with van der Waals surface area (Å²) in [5.74, 6) is 1.55. The van der Waals surface area contributed by atoms with Crippen LogP contribution in [0.4, 0.5) is 0 Å². The molecule has 238 valence electrons. The van der Waals surface area contributed by atoms with E-state index < -0.39 is 20.1 Å². The van der Waals surface area contributed by atoms with Crippen LogP contribution in [0.15, 0.2) is 78.9 Å². The zero-order valence-electron chi connectivity index (χ0n) is 27.2. The Labute approximate surface area is 271 Å². The fraction of sp³-hybridized carbons (Fsp3) is 0.457. The van der Waals surface area contributed by atoms with Gasteiger partial charge in [0.25, 0.3) is 8.53 Å². The molecule has 1 aliphatic heterocycles. The minimum absolute atomic E-state index is 0.174. The number of nitrogens with one attached hydrogen (secondary N) is 1. The van der Waals surface area contributed by atoms with Crippen LogP contribution < -0.4 is 14.8 Å². The van der Waals surface area contributed by atoms with Crippen molar-refractivity contribution in [3.8, 4) is 17.6 Å². The molecule has 8 nitrogen and oxygen atoms in total. The summed E-state index contributed by atoms with van der Waals surface area (Å²) in [6, 6.07) is 28.6. The van der Waals surface area contributed by atoms with Crippen molar-refractivity contribution < 1.29 is 23.3 Å². The lowest BCUT2D eigenvalue weighted by Gasteiger charge is -2.41. The molecule has 4 atom stereocenters. The Kier molecular flexibility index (Phi) is 12.8. The maximum absolute atomic E-state index is 9.12. The van der Waals surface area contributed by atoms with Gasteiger partial charge in [-0.1, -0.05) is 54.6 Å². The molecular formula is C35H45BN3O5P. The van der Waals surface area contributed by atoms with E-state index in [-0.39, 0.29) is 30.8 Å². The summed E-state index contributed by atoms with van der Waals surface area (Å²) in [6.07, 6.45) is 0.524. The van der Waals surface area contributed by atoms with Crippen LogP contribution in [-0.4, -0.2) is 70.2 Å². The zero-order chi connectivity index (χ0) is 32.4. The molecular weight excluding hydrogens is 584 g/mol. The largest absolute Gasteiger partial charge is 0.497 e. The lowest BCUT2D eigenvalue weighted by molar-refractivity contribution is 0.0317. The number of hydrogen-bond acceptors (Lipinski definition) is 8. The van der Waals surface area contributed by atoms with E-state index in [2.05, 4.69) is 92.3 Å². The summed E-state index contributed by atoms with van der Waals surface area (Å²) in [6.45, 7) is 9.06. The van der Waals surface area contributed by atoms with Crippen molar-refractivity contribution in [2.45, 2.75) is 76.3 Å². The third-order valence-corrected chi connectivity index (χ3v) is 10.0. The number of nitriles is 1. The first-order valence-corrected chi connectivity index (χ1v) is 16.6. The van der Waals surface area contributed by atoms with Crippen molar-refractivity contribution >= 4 is 16.4 Å². The van der Waals surface area contributed by atoms with Crippen molar-refractivity contribution in [1.29, 1.82) is 5.26 Å². The molecule has 1 aliphatic rings. The normalized spacial score (nSPS) is 19.2. The average molecular weight is 630 g/mol. The third-order valence-electron chi connectivity index (χ3n) is 7.95. The van der Waals surface area contributed by atoms with E-state index in [1.807, 2.05) is 30.3 Å². The van der Waals surface area contributed by atoms with Crippen LogP contribution in [0.5, 0.6) is 11.5 Å². The molecule has 3 aromatic carbocycles. The fourth-order valence-electron chi connectivity index (χ4n) is 5.93. The monoisotopic (exact) mass is 629 g/mol. The van der Waals surface area contributed by atoms with Gasteiger partial charge in [-0.2, -0.15) is 5.26 Å². The van der Waals surface area contributed by atoms with Crippen LogP contribution in [0.25, 0.3) is 0 Å². The van der Waals surface area contributed by atoms with Gasteiger partial charge in [0.1, 0.15) is 19.3 Å². The van der Waals surface area contributed by atoms with E-state index >= 15 is 0 Å². The van der Waals surface area contributed by atoms with Gasteiger partial charge in [0.05, 0.1) is 51.6 Å². The second-order valence-corrected chi connectivity index (χ2v) is 13.1. The topological polar surface area (TPSA) is 85.2 Å². The number of methoxy groups -OCH3 is 2. The molecule has 0 aliphatic carbocycles. The van der Waals surface area contributed by atoms with Gasteiger partial charge >= 0.3 is 0 Å². The molecule has 0 aromatic heterocycles. The van der Waals surface area contributed by atoms with Gasteiger partial charge in [0.15, 0.2) is 0 Å². The molecule has 1 fully saturated rings. The van der Waals surface area contributed by atoms with Gasteiger partial charge in [-0.3, -0.25) is 5.32 Å². The van der Waals surface area contributed by atoms with Crippen molar-refractivity contribution in [2.75, 3.05) is 27.4 Å². The molecule has 1 saturated heterocycles. The number of hydrogen-bond donors (Lipinski definition) is 1. The minimum atomic E-state index is -1.43.